The fraction of sp³-hybridized carbons (Fsp3) is 0.261. The van der Waals surface area contributed by atoms with Gasteiger partial charge in [0.2, 0.25) is 5.88 Å². The number of carbonyl (C=O) groups is 1. The van der Waals surface area contributed by atoms with Gasteiger partial charge in [0.15, 0.2) is 0 Å². The Labute approximate surface area is 171 Å². The van der Waals surface area contributed by atoms with E-state index in [4.69, 9.17) is 4.74 Å². The Hall–Kier alpha value is -3.41. The Morgan fingerprint density at radius 1 is 1.10 bits per heavy atom. The molecular formula is C23H26N4O2. The molecule has 0 spiro atoms. The summed E-state index contributed by atoms with van der Waals surface area (Å²) in [5.41, 5.74) is 5.88. The van der Waals surface area contributed by atoms with Gasteiger partial charge in [0.05, 0.1) is 23.9 Å². The first kappa shape index (κ1) is 20.3. The molecule has 0 aliphatic heterocycles. The molecule has 1 aromatic heterocycles. The smallest absolute Gasteiger partial charge is 0.272 e. The number of rotatable bonds is 8. The topological polar surface area (TPSA) is 66.8 Å². The molecule has 3 rings (SSSR count). The number of hydrazone groups is 1. The van der Waals surface area contributed by atoms with Gasteiger partial charge in [-0.1, -0.05) is 30.3 Å². The lowest BCUT2D eigenvalue weighted by Gasteiger charge is -2.20. The molecule has 150 valence electrons. The van der Waals surface area contributed by atoms with Crippen LogP contribution in [0.5, 0.6) is 5.88 Å². The first-order valence-corrected chi connectivity index (χ1v) is 9.87. The summed E-state index contributed by atoms with van der Waals surface area (Å²) in [5, 5.41) is 4.87. The fourth-order valence-corrected chi connectivity index (χ4v) is 3.15. The highest BCUT2D eigenvalue weighted by molar-refractivity contribution is 6.06. The van der Waals surface area contributed by atoms with Gasteiger partial charge in [-0.3, -0.25) is 4.79 Å². The molecule has 0 saturated heterocycles. The van der Waals surface area contributed by atoms with Gasteiger partial charge >= 0.3 is 0 Å². The number of nitrogens with zero attached hydrogens (tertiary/aromatic N) is 3. The van der Waals surface area contributed by atoms with Crippen molar-refractivity contribution >= 4 is 28.7 Å². The van der Waals surface area contributed by atoms with Crippen LogP contribution in [0, 0.1) is 0 Å². The summed E-state index contributed by atoms with van der Waals surface area (Å²) in [6, 6.07) is 17.2. The summed E-state index contributed by atoms with van der Waals surface area (Å²) < 4.78 is 5.49. The molecule has 0 aliphatic carbocycles. The highest BCUT2D eigenvalue weighted by atomic mass is 16.5. The zero-order valence-electron chi connectivity index (χ0n) is 17.1. The molecule has 1 heterocycles. The predicted molar refractivity (Wildman–Crippen MR) is 118 cm³/mol. The largest absolute Gasteiger partial charge is 0.478 e. The van der Waals surface area contributed by atoms with E-state index < -0.39 is 0 Å². The zero-order chi connectivity index (χ0) is 20.6. The quantitative estimate of drug-likeness (QED) is 0.461. The standard InChI is InChI=1S/C23H26N4O2/c1-4-27(5-2)18-13-11-17(12-14-18)16-24-26-23(28)20-15-22(29-6-3)25-21-10-8-7-9-19(20)21/h7-16H,4-6H2,1-3H3,(H,26,28)/b24-16+. The molecule has 29 heavy (non-hydrogen) atoms. The van der Waals surface area contributed by atoms with Gasteiger partial charge in [-0.15, -0.1) is 0 Å². The second kappa shape index (κ2) is 9.68. The van der Waals surface area contributed by atoms with Gasteiger partial charge in [0.1, 0.15) is 0 Å². The van der Waals surface area contributed by atoms with E-state index in [-0.39, 0.29) is 5.91 Å². The number of para-hydroxylation sites is 1. The predicted octanol–water partition coefficient (Wildman–Crippen LogP) is 4.24. The number of fused-ring (bicyclic) bond motifs is 1. The molecule has 1 amide bonds. The third kappa shape index (κ3) is 4.90. The SMILES string of the molecule is CCOc1cc(C(=O)N/N=C/c2ccc(N(CC)CC)cc2)c2ccccc2n1. The van der Waals surface area contributed by atoms with E-state index in [9.17, 15) is 4.79 Å². The molecule has 0 fully saturated rings. The molecule has 2 aromatic carbocycles. The molecule has 1 N–H and O–H groups in total. The monoisotopic (exact) mass is 390 g/mol. The number of hydrogen-bond donors (Lipinski definition) is 1. The number of anilines is 1. The molecule has 3 aromatic rings. The van der Waals surface area contributed by atoms with Crippen molar-refractivity contribution in [1.29, 1.82) is 0 Å². The van der Waals surface area contributed by atoms with E-state index in [2.05, 4.69) is 46.4 Å². The maximum atomic E-state index is 12.7. The maximum Gasteiger partial charge on any atom is 0.272 e. The maximum absolute atomic E-state index is 12.7. The van der Waals surface area contributed by atoms with Crippen molar-refractivity contribution in [3.8, 4) is 5.88 Å². The van der Waals surface area contributed by atoms with Crippen molar-refractivity contribution in [3.05, 3.63) is 65.7 Å². The van der Waals surface area contributed by atoms with Gasteiger partial charge in [-0.2, -0.15) is 5.10 Å². The Balaban J connectivity index is 1.75. The van der Waals surface area contributed by atoms with Crippen LogP contribution in [-0.2, 0) is 0 Å². The van der Waals surface area contributed by atoms with Crippen LogP contribution in [0.2, 0.25) is 0 Å². The second-order valence-electron chi connectivity index (χ2n) is 6.42. The Kier molecular flexibility index (Phi) is 6.79. The van der Waals surface area contributed by atoms with Crippen molar-refractivity contribution in [1.82, 2.24) is 10.4 Å². The lowest BCUT2D eigenvalue weighted by atomic mass is 10.1. The Morgan fingerprint density at radius 3 is 2.52 bits per heavy atom. The fourth-order valence-electron chi connectivity index (χ4n) is 3.15. The molecule has 0 bridgehead atoms. The molecule has 0 unspecified atom stereocenters. The van der Waals surface area contributed by atoms with Gasteiger partial charge < -0.3 is 9.64 Å². The van der Waals surface area contributed by atoms with Crippen LogP contribution in [0.15, 0.2) is 59.7 Å². The van der Waals surface area contributed by atoms with E-state index in [1.54, 1.807) is 12.3 Å². The summed E-state index contributed by atoms with van der Waals surface area (Å²) >= 11 is 0. The number of benzene rings is 2. The Bertz CT molecular complexity index is 995. The van der Waals surface area contributed by atoms with E-state index >= 15 is 0 Å². The first-order valence-electron chi connectivity index (χ1n) is 9.87. The van der Waals surface area contributed by atoms with Gasteiger partial charge in [0.25, 0.3) is 5.91 Å². The minimum atomic E-state index is -0.305. The van der Waals surface area contributed by atoms with E-state index in [1.165, 1.54) is 5.69 Å². The van der Waals surface area contributed by atoms with Crippen LogP contribution in [-0.4, -0.2) is 36.8 Å². The average molecular weight is 390 g/mol. The first-order chi connectivity index (χ1) is 14.2. The number of nitrogens with one attached hydrogen (secondary N) is 1. The van der Waals surface area contributed by atoms with Crippen molar-refractivity contribution in [2.75, 3.05) is 24.6 Å². The van der Waals surface area contributed by atoms with Crippen molar-refractivity contribution < 1.29 is 9.53 Å². The number of hydrogen-bond acceptors (Lipinski definition) is 5. The van der Waals surface area contributed by atoms with Gasteiger partial charge in [-0.25, -0.2) is 10.4 Å². The van der Waals surface area contributed by atoms with Crippen LogP contribution >= 0.6 is 0 Å². The molecule has 6 heteroatoms. The molecular weight excluding hydrogens is 364 g/mol. The summed E-state index contributed by atoms with van der Waals surface area (Å²) in [7, 11) is 0. The van der Waals surface area contributed by atoms with E-state index in [0.29, 0.717) is 23.6 Å². The molecule has 0 saturated carbocycles. The highest BCUT2D eigenvalue weighted by Gasteiger charge is 2.13. The van der Waals surface area contributed by atoms with Crippen molar-refractivity contribution in [3.63, 3.8) is 0 Å². The summed E-state index contributed by atoms with van der Waals surface area (Å²) in [4.78, 5) is 19.4. The number of aromatic nitrogens is 1. The van der Waals surface area contributed by atoms with E-state index in [1.807, 2.05) is 43.3 Å². The average Bonchev–Trinajstić information content (AvgIpc) is 2.75. The summed E-state index contributed by atoms with van der Waals surface area (Å²) in [5.74, 6) is 0.118. The van der Waals surface area contributed by atoms with Crippen molar-refractivity contribution in [2.24, 2.45) is 5.10 Å². The van der Waals surface area contributed by atoms with Gasteiger partial charge in [-0.05, 0) is 44.5 Å². The number of amides is 1. The van der Waals surface area contributed by atoms with Crippen LogP contribution in [0.3, 0.4) is 0 Å². The molecule has 0 aliphatic rings. The van der Waals surface area contributed by atoms with Crippen LogP contribution in [0.4, 0.5) is 5.69 Å². The van der Waals surface area contributed by atoms with E-state index in [0.717, 1.165) is 24.0 Å². The van der Waals surface area contributed by atoms with Crippen LogP contribution < -0.4 is 15.1 Å². The molecule has 0 atom stereocenters. The molecule has 0 radical (unpaired) electrons. The second-order valence-corrected chi connectivity index (χ2v) is 6.42. The minimum Gasteiger partial charge on any atom is -0.478 e. The summed E-state index contributed by atoms with van der Waals surface area (Å²) in [6.07, 6.45) is 1.64. The van der Waals surface area contributed by atoms with Crippen molar-refractivity contribution in [2.45, 2.75) is 20.8 Å². The Morgan fingerprint density at radius 2 is 1.83 bits per heavy atom. The lowest BCUT2D eigenvalue weighted by Crippen LogP contribution is -2.21. The normalized spacial score (nSPS) is 11.0. The van der Waals surface area contributed by atoms with Gasteiger partial charge in [0, 0.05) is 30.2 Å². The number of pyridine rings is 1. The minimum absolute atomic E-state index is 0.305. The molecule has 6 nitrogen and oxygen atoms in total. The lowest BCUT2D eigenvalue weighted by molar-refractivity contribution is 0.0956. The third-order valence-corrected chi connectivity index (χ3v) is 4.63. The number of carbonyl (C=O) groups excluding carboxylic acids is 1. The third-order valence-electron chi connectivity index (χ3n) is 4.63. The highest BCUT2D eigenvalue weighted by Crippen LogP contribution is 2.22. The number of ether oxygens (including phenoxy) is 1. The zero-order valence-corrected chi connectivity index (χ0v) is 17.1. The van der Waals surface area contributed by atoms with Crippen LogP contribution in [0.25, 0.3) is 10.9 Å². The summed E-state index contributed by atoms with van der Waals surface area (Å²) in [6.45, 7) is 8.55. The van der Waals surface area contributed by atoms with Crippen LogP contribution in [0.1, 0.15) is 36.7 Å².